The predicted octanol–water partition coefficient (Wildman–Crippen LogP) is 4.39. The SMILES string of the molecule is O=C(Cc1ccc(NCc2cccc([N+](=O)[O-])c2)cc1)Nc1ccccc1. The molecule has 0 aromatic heterocycles. The molecule has 3 aromatic rings. The molecule has 0 bridgehead atoms. The van der Waals surface area contributed by atoms with Crippen molar-refractivity contribution < 1.29 is 9.72 Å². The van der Waals surface area contributed by atoms with Crippen LogP contribution in [0.15, 0.2) is 78.9 Å². The molecule has 0 atom stereocenters. The maximum absolute atomic E-state index is 12.1. The number of hydrogen-bond donors (Lipinski definition) is 2. The van der Waals surface area contributed by atoms with Crippen molar-refractivity contribution in [3.8, 4) is 0 Å². The number of para-hydroxylation sites is 1. The summed E-state index contributed by atoms with van der Waals surface area (Å²) >= 11 is 0. The lowest BCUT2D eigenvalue weighted by molar-refractivity contribution is -0.384. The lowest BCUT2D eigenvalue weighted by atomic mass is 10.1. The number of carbonyl (C=O) groups excluding carboxylic acids is 1. The largest absolute Gasteiger partial charge is 0.381 e. The van der Waals surface area contributed by atoms with Gasteiger partial charge < -0.3 is 10.6 Å². The number of non-ortho nitro benzene ring substituents is 1. The third-order valence-electron chi connectivity index (χ3n) is 3.99. The smallest absolute Gasteiger partial charge is 0.269 e. The van der Waals surface area contributed by atoms with Crippen LogP contribution in [0.3, 0.4) is 0 Å². The molecule has 136 valence electrons. The van der Waals surface area contributed by atoms with E-state index in [0.29, 0.717) is 13.0 Å². The summed E-state index contributed by atoms with van der Waals surface area (Å²) < 4.78 is 0. The highest BCUT2D eigenvalue weighted by atomic mass is 16.6. The number of benzene rings is 3. The molecule has 3 aromatic carbocycles. The Kier molecular flexibility index (Phi) is 5.79. The van der Waals surface area contributed by atoms with Gasteiger partial charge in [0.15, 0.2) is 0 Å². The maximum atomic E-state index is 12.1. The molecule has 2 N–H and O–H groups in total. The normalized spacial score (nSPS) is 10.2. The van der Waals surface area contributed by atoms with Gasteiger partial charge in [-0.25, -0.2) is 0 Å². The van der Waals surface area contributed by atoms with Gasteiger partial charge in [0.2, 0.25) is 5.91 Å². The van der Waals surface area contributed by atoms with E-state index in [2.05, 4.69) is 10.6 Å². The van der Waals surface area contributed by atoms with Gasteiger partial charge in [-0.05, 0) is 35.4 Å². The minimum Gasteiger partial charge on any atom is -0.381 e. The predicted molar refractivity (Wildman–Crippen MR) is 106 cm³/mol. The standard InChI is InChI=1S/C21H19N3O3/c25-21(23-19-6-2-1-3-7-19)14-16-9-11-18(12-10-16)22-15-17-5-4-8-20(13-17)24(26)27/h1-13,22H,14-15H2,(H,23,25). The van der Waals surface area contributed by atoms with Gasteiger partial charge in [-0.15, -0.1) is 0 Å². The second-order valence-electron chi connectivity index (χ2n) is 6.07. The molecule has 0 fully saturated rings. The van der Waals surface area contributed by atoms with Crippen molar-refractivity contribution in [1.29, 1.82) is 0 Å². The van der Waals surface area contributed by atoms with Crippen LogP contribution in [0.4, 0.5) is 17.1 Å². The van der Waals surface area contributed by atoms with E-state index in [1.165, 1.54) is 6.07 Å². The van der Waals surface area contributed by atoms with Crippen LogP contribution < -0.4 is 10.6 Å². The number of nitrogens with zero attached hydrogens (tertiary/aromatic N) is 1. The molecule has 0 aliphatic rings. The van der Waals surface area contributed by atoms with Crippen molar-refractivity contribution in [2.75, 3.05) is 10.6 Å². The molecule has 0 heterocycles. The molecule has 0 saturated carbocycles. The van der Waals surface area contributed by atoms with Gasteiger partial charge in [-0.2, -0.15) is 0 Å². The molecule has 0 unspecified atom stereocenters. The Labute approximate surface area is 157 Å². The first kappa shape index (κ1) is 18.1. The molecule has 0 spiro atoms. The summed E-state index contributed by atoms with van der Waals surface area (Å²) in [4.78, 5) is 22.5. The summed E-state index contributed by atoms with van der Waals surface area (Å²) in [6.45, 7) is 0.482. The van der Waals surface area contributed by atoms with E-state index in [-0.39, 0.29) is 11.6 Å². The Morgan fingerprint density at radius 3 is 2.30 bits per heavy atom. The molecule has 3 rings (SSSR count). The average molecular weight is 361 g/mol. The van der Waals surface area contributed by atoms with Gasteiger partial charge in [0.05, 0.1) is 11.3 Å². The van der Waals surface area contributed by atoms with Crippen molar-refractivity contribution in [2.24, 2.45) is 0 Å². The average Bonchev–Trinajstić information content (AvgIpc) is 2.68. The topological polar surface area (TPSA) is 84.3 Å². The van der Waals surface area contributed by atoms with Gasteiger partial charge in [0, 0.05) is 30.1 Å². The lowest BCUT2D eigenvalue weighted by Gasteiger charge is -2.08. The molecule has 0 radical (unpaired) electrons. The van der Waals surface area contributed by atoms with E-state index in [4.69, 9.17) is 0 Å². The fourth-order valence-corrected chi connectivity index (χ4v) is 2.64. The van der Waals surface area contributed by atoms with Crippen molar-refractivity contribution in [1.82, 2.24) is 0 Å². The van der Waals surface area contributed by atoms with Gasteiger partial charge in [0.25, 0.3) is 5.69 Å². The zero-order chi connectivity index (χ0) is 19.1. The molecule has 6 heteroatoms. The quantitative estimate of drug-likeness (QED) is 0.483. The molecule has 27 heavy (non-hydrogen) atoms. The zero-order valence-electron chi connectivity index (χ0n) is 14.6. The van der Waals surface area contributed by atoms with E-state index in [1.807, 2.05) is 60.7 Å². The van der Waals surface area contributed by atoms with Crippen LogP contribution in [0.5, 0.6) is 0 Å². The molecule has 0 aliphatic heterocycles. The highest BCUT2D eigenvalue weighted by molar-refractivity contribution is 5.92. The minimum absolute atomic E-state index is 0.0708. The third-order valence-corrected chi connectivity index (χ3v) is 3.99. The van der Waals surface area contributed by atoms with Crippen LogP contribution in [0.25, 0.3) is 0 Å². The third kappa shape index (κ3) is 5.40. The number of nitro benzene ring substituents is 1. The summed E-state index contributed by atoms with van der Waals surface area (Å²) in [5.74, 6) is -0.0708. The Morgan fingerprint density at radius 2 is 1.59 bits per heavy atom. The summed E-state index contributed by atoms with van der Waals surface area (Å²) in [6.07, 6.45) is 0.292. The van der Waals surface area contributed by atoms with Crippen LogP contribution in [-0.2, 0) is 17.8 Å². The van der Waals surface area contributed by atoms with E-state index < -0.39 is 4.92 Å². The van der Waals surface area contributed by atoms with Gasteiger partial charge in [0.1, 0.15) is 0 Å². The van der Waals surface area contributed by atoms with Crippen molar-refractivity contribution in [3.63, 3.8) is 0 Å². The first-order chi connectivity index (χ1) is 13.1. The molecule has 0 saturated heterocycles. The number of nitrogens with one attached hydrogen (secondary N) is 2. The number of carbonyl (C=O) groups is 1. The zero-order valence-corrected chi connectivity index (χ0v) is 14.6. The first-order valence-electron chi connectivity index (χ1n) is 8.51. The van der Waals surface area contributed by atoms with Gasteiger partial charge in [-0.3, -0.25) is 14.9 Å². The second-order valence-corrected chi connectivity index (χ2v) is 6.07. The number of hydrogen-bond acceptors (Lipinski definition) is 4. The number of nitro groups is 1. The number of anilines is 2. The van der Waals surface area contributed by atoms with Gasteiger partial charge in [-0.1, -0.05) is 42.5 Å². The maximum Gasteiger partial charge on any atom is 0.269 e. The van der Waals surface area contributed by atoms with E-state index in [1.54, 1.807) is 12.1 Å². The fraction of sp³-hybridized carbons (Fsp3) is 0.0952. The Bertz CT molecular complexity index is 925. The van der Waals surface area contributed by atoms with Crippen LogP contribution in [-0.4, -0.2) is 10.8 Å². The van der Waals surface area contributed by atoms with Crippen molar-refractivity contribution in [2.45, 2.75) is 13.0 Å². The molecule has 6 nitrogen and oxygen atoms in total. The van der Waals surface area contributed by atoms with Crippen LogP contribution in [0.2, 0.25) is 0 Å². The fourth-order valence-electron chi connectivity index (χ4n) is 2.64. The summed E-state index contributed by atoms with van der Waals surface area (Å²) in [7, 11) is 0. The highest BCUT2D eigenvalue weighted by Gasteiger charge is 2.06. The summed E-state index contributed by atoms with van der Waals surface area (Å²) in [5, 5.41) is 16.9. The van der Waals surface area contributed by atoms with Crippen LogP contribution in [0.1, 0.15) is 11.1 Å². The van der Waals surface area contributed by atoms with E-state index in [9.17, 15) is 14.9 Å². The van der Waals surface area contributed by atoms with E-state index in [0.717, 1.165) is 22.5 Å². The monoisotopic (exact) mass is 361 g/mol. The number of amides is 1. The Hall–Kier alpha value is -3.67. The summed E-state index contributed by atoms with van der Waals surface area (Å²) in [6, 6.07) is 23.4. The van der Waals surface area contributed by atoms with E-state index >= 15 is 0 Å². The molecule has 0 aliphatic carbocycles. The second kappa shape index (κ2) is 8.62. The van der Waals surface area contributed by atoms with Crippen molar-refractivity contribution >= 4 is 23.0 Å². The minimum atomic E-state index is -0.404. The highest BCUT2D eigenvalue weighted by Crippen LogP contribution is 2.16. The Morgan fingerprint density at radius 1 is 0.852 bits per heavy atom. The molecule has 1 amide bonds. The number of rotatable bonds is 7. The lowest BCUT2D eigenvalue weighted by Crippen LogP contribution is -2.14. The van der Waals surface area contributed by atoms with Gasteiger partial charge >= 0.3 is 0 Å². The van der Waals surface area contributed by atoms with Crippen molar-refractivity contribution in [3.05, 3.63) is 100 Å². The molecular formula is C21H19N3O3. The summed E-state index contributed by atoms with van der Waals surface area (Å²) in [5.41, 5.74) is 3.47. The molecular weight excluding hydrogens is 342 g/mol. The van der Waals surface area contributed by atoms with Crippen LogP contribution in [0, 0.1) is 10.1 Å². The van der Waals surface area contributed by atoms with Crippen LogP contribution >= 0.6 is 0 Å². The Balaban J connectivity index is 1.53. The first-order valence-corrected chi connectivity index (χ1v) is 8.51.